The SMILES string of the molecule is CCCNC(=O)c1ccccc1NC(=O)[C@@H](CC)N(c1cccc(C)c1)S(C)(=O)=O. The van der Waals surface area contributed by atoms with E-state index in [9.17, 15) is 18.0 Å². The van der Waals surface area contributed by atoms with Crippen LogP contribution >= 0.6 is 0 Å². The summed E-state index contributed by atoms with van der Waals surface area (Å²) in [5.41, 5.74) is 1.98. The summed E-state index contributed by atoms with van der Waals surface area (Å²) in [7, 11) is -3.73. The molecule has 0 aromatic heterocycles. The summed E-state index contributed by atoms with van der Waals surface area (Å²) >= 11 is 0. The molecule has 162 valence electrons. The lowest BCUT2D eigenvalue weighted by molar-refractivity contribution is -0.117. The molecule has 30 heavy (non-hydrogen) atoms. The fourth-order valence-electron chi connectivity index (χ4n) is 3.17. The van der Waals surface area contributed by atoms with E-state index in [1.165, 1.54) is 0 Å². The van der Waals surface area contributed by atoms with Crippen LogP contribution in [-0.4, -0.2) is 39.1 Å². The molecule has 2 aromatic carbocycles. The van der Waals surface area contributed by atoms with E-state index < -0.39 is 22.0 Å². The predicted octanol–water partition coefficient (Wildman–Crippen LogP) is 3.32. The zero-order valence-electron chi connectivity index (χ0n) is 17.8. The van der Waals surface area contributed by atoms with Gasteiger partial charge in [0, 0.05) is 6.54 Å². The summed E-state index contributed by atoms with van der Waals surface area (Å²) in [4.78, 5) is 25.6. The van der Waals surface area contributed by atoms with Crippen molar-refractivity contribution in [2.45, 2.75) is 39.7 Å². The number of carbonyl (C=O) groups excluding carboxylic acids is 2. The quantitative estimate of drug-likeness (QED) is 0.637. The van der Waals surface area contributed by atoms with Gasteiger partial charge in [-0.3, -0.25) is 13.9 Å². The molecule has 7 nitrogen and oxygen atoms in total. The van der Waals surface area contributed by atoms with Crippen LogP contribution < -0.4 is 14.9 Å². The van der Waals surface area contributed by atoms with Gasteiger partial charge in [-0.2, -0.15) is 0 Å². The molecule has 0 radical (unpaired) electrons. The summed E-state index contributed by atoms with van der Waals surface area (Å²) in [5.74, 6) is -0.792. The number of para-hydroxylation sites is 1. The Kier molecular flexibility index (Phi) is 8.00. The van der Waals surface area contributed by atoms with E-state index in [2.05, 4.69) is 10.6 Å². The number of hydrogen-bond acceptors (Lipinski definition) is 4. The molecule has 2 rings (SSSR count). The van der Waals surface area contributed by atoms with Gasteiger partial charge in [-0.05, 0) is 49.6 Å². The van der Waals surface area contributed by atoms with Crippen molar-refractivity contribution >= 4 is 33.2 Å². The minimum Gasteiger partial charge on any atom is -0.352 e. The van der Waals surface area contributed by atoms with Gasteiger partial charge < -0.3 is 10.6 Å². The topological polar surface area (TPSA) is 95.6 Å². The van der Waals surface area contributed by atoms with Crippen LogP contribution in [0.2, 0.25) is 0 Å². The summed E-state index contributed by atoms with van der Waals surface area (Å²) in [6.45, 7) is 6.08. The number of hydrogen-bond donors (Lipinski definition) is 2. The van der Waals surface area contributed by atoms with Crippen LogP contribution in [0.25, 0.3) is 0 Å². The van der Waals surface area contributed by atoms with Crippen molar-refractivity contribution in [1.29, 1.82) is 0 Å². The monoisotopic (exact) mass is 431 g/mol. The van der Waals surface area contributed by atoms with Crippen LogP contribution in [0.5, 0.6) is 0 Å². The Morgan fingerprint density at radius 3 is 2.37 bits per heavy atom. The number of amides is 2. The first-order valence-electron chi connectivity index (χ1n) is 9.93. The highest BCUT2D eigenvalue weighted by atomic mass is 32.2. The Balaban J connectivity index is 2.37. The van der Waals surface area contributed by atoms with Gasteiger partial charge in [-0.1, -0.05) is 38.1 Å². The molecule has 0 aliphatic heterocycles. The molecule has 2 amide bonds. The lowest BCUT2D eigenvalue weighted by Crippen LogP contribution is -2.47. The van der Waals surface area contributed by atoms with Crippen molar-refractivity contribution < 1.29 is 18.0 Å². The standard InChI is InChI=1S/C22H29N3O4S/c1-5-14-23-21(26)18-12-7-8-13-19(18)24-22(27)20(6-2)25(30(4,28)29)17-11-9-10-16(3)15-17/h7-13,15,20H,5-6,14H2,1-4H3,(H,23,26)(H,24,27)/t20-/m1/s1. The molecule has 0 aliphatic rings. The third kappa shape index (κ3) is 5.82. The average Bonchev–Trinajstić information content (AvgIpc) is 2.69. The van der Waals surface area contributed by atoms with E-state index in [1.807, 2.05) is 19.9 Å². The zero-order valence-corrected chi connectivity index (χ0v) is 18.6. The van der Waals surface area contributed by atoms with Gasteiger partial charge in [0.2, 0.25) is 15.9 Å². The Hall–Kier alpha value is -2.87. The number of carbonyl (C=O) groups is 2. The fraction of sp³-hybridized carbons (Fsp3) is 0.364. The molecular weight excluding hydrogens is 402 g/mol. The second-order valence-electron chi connectivity index (χ2n) is 7.11. The van der Waals surface area contributed by atoms with Gasteiger partial charge in [0.15, 0.2) is 0 Å². The highest BCUT2D eigenvalue weighted by Crippen LogP contribution is 2.25. The van der Waals surface area contributed by atoms with E-state index in [4.69, 9.17) is 0 Å². The van der Waals surface area contributed by atoms with Crippen molar-refractivity contribution in [2.75, 3.05) is 22.4 Å². The van der Waals surface area contributed by atoms with Crippen molar-refractivity contribution in [3.63, 3.8) is 0 Å². The molecule has 0 fully saturated rings. The second-order valence-corrected chi connectivity index (χ2v) is 8.97. The molecule has 2 aromatic rings. The molecule has 2 N–H and O–H groups in total. The number of rotatable bonds is 9. The maximum atomic E-state index is 13.1. The number of nitrogens with one attached hydrogen (secondary N) is 2. The molecule has 0 saturated heterocycles. The Bertz CT molecular complexity index is 1000. The van der Waals surface area contributed by atoms with Crippen LogP contribution in [-0.2, 0) is 14.8 Å². The predicted molar refractivity (Wildman–Crippen MR) is 120 cm³/mol. The fourth-order valence-corrected chi connectivity index (χ4v) is 4.37. The summed E-state index contributed by atoms with van der Waals surface area (Å²) < 4.78 is 26.3. The van der Waals surface area contributed by atoms with Gasteiger partial charge in [0.25, 0.3) is 5.91 Å². The van der Waals surface area contributed by atoms with Crippen molar-refractivity contribution in [2.24, 2.45) is 0 Å². The zero-order chi connectivity index (χ0) is 22.3. The molecule has 0 aliphatic carbocycles. The number of aryl methyl sites for hydroxylation is 1. The first-order valence-corrected chi connectivity index (χ1v) is 11.8. The van der Waals surface area contributed by atoms with E-state index in [-0.39, 0.29) is 12.3 Å². The van der Waals surface area contributed by atoms with Crippen molar-refractivity contribution in [1.82, 2.24) is 5.32 Å². The van der Waals surface area contributed by atoms with Gasteiger partial charge in [0.05, 0.1) is 23.2 Å². The third-order valence-corrected chi connectivity index (χ3v) is 5.73. The highest BCUT2D eigenvalue weighted by molar-refractivity contribution is 7.92. The molecule has 0 heterocycles. The van der Waals surface area contributed by atoms with Gasteiger partial charge >= 0.3 is 0 Å². The molecule has 0 spiro atoms. The van der Waals surface area contributed by atoms with Crippen LogP contribution in [0.1, 0.15) is 42.6 Å². The maximum absolute atomic E-state index is 13.1. The van der Waals surface area contributed by atoms with E-state index in [0.29, 0.717) is 23.5 Å². The van der Waals surface area contributed by atoms with Crippen molar-refractivity contribution in [3.05, 3.63) is 59.7 Å². The maximum Gasteiger partial charge on any atom is 0.253 e. The highest BCUT2D eigenvalue weighted by Gasteiger charge is 2.32. The van der Waals surface area contributed by atoms with Gasteiger partial charge in [0.1, 0.15) is 6.04 Å². The second kappa shape index (κ2) is 10.2. The number of anilines is 2. The van der Waals surface area contributed by atoms with Crippen molar-refractivity contribution in [3.8, 4) is 0 Å². The van der Waals surface area contributed by atoms with Crippen LogP contribution in [0.3, 0.4) is 0 Å². The van der Waals surface area contributed by atoms with Gasteiger partial charge in [-0.25, -0.2) is 8.42 Å². The molecular formula is C22H29N3O4S. The largest absolute Gasteiger partial charge is 0.352 e. The summed E-state index contributed by atoms with van der Waals surface area (Å²) in [6, 6.07) is 12.7. The molecule has 0 bridgehead atoms. The minimum atomic E-state index is -3.73. The van der Waals surface area contributed by atoms with Crippen LogP contribution in [0.15, 0.2) is 48.5 Å². The van der Waals surface area contributed by atoms with Crippen LogP contribution in [0.4, 0.5) is 11.4 Å². The van der Waals surface area contributed by atoms with Gasteiger partial charge in [-0.15, -0.1) is 0 Å². The first-order chi connectivity index (χ1) is 14.2. The third-order valence-electron chi connectivity index (χ3n) is 4.55. The molecule has 0 unspecified atom stereocenters. The normalized spacial score (nSPS) is 12.1. The first kappa shape index (κ1) is 23.4. The number of benzene rings is 2. The Labute approximate surface area is 178 Å². The Morgan fingerprint density at radius 1 is 1.07 bits per heavy atom. The number of nitrogens with zero attached hydrogens (tertiary/aromatic N) is 1. The smallest absolute Gasteiger partial charge is 0.253 e. The van der Waals surface area contributed by atoms with Crippen LogP contribution in [0, 0.1) is 6.92 Å². The van der Waals surface area contributed by atoms with E-state index in [0.717, 1.165) is 22.5 Å². The summed E-state index contributed by atoms with van der Waals surface area (Å²) in [5, 5.41) is 5.54. The molecule has 8 heteroatoms. The van der Waals surface area contributed by atoms with E-state index >= 15 is 0 Å². The lowest BCUT2D eigenvalue weighted by atomic mass is 10.1. The average molecular weight is 432 g/mol. The molecule has 1 atom stereocenters. The van der Waals surface area contributed by atoms with E-state index in [1.54, 1.807) is 49.4 Å². The minimum absolute atomic E-state index is 0.261. The summed E-state index contributed by atoms with van der Waals surface area (Å²) in [6.07, 6.45) is 2.13. The lowest BCUT2D eigenvalue weighted by Gasteiger charge is -2.30. The number of sulfonamides is 1. The molecule has 0 saturated carbocycles. The Morgan fingerprint density at radius 2 is 1.77 bits per heavy atom.